The minimum Gasteiger partial charge on any atom is -0.453 e. The van der Waals surface area contributed by atoms with Gasteiger partial charge in [-0.3, -0.25) is 0 Å². The minimum atomic E-state index is 0.714. The molecule has 4 nitrogen and oxygen atoms in total. The van der Waals surface area contributed by atoms with Crippen LogP contribution in [0.2, 0.25) is 0 Å². The van der Waals surface area contributed by atoms with Gasteiger partial charge in [-0.1, -0.05) is 24.3 Å². The molecule has 0 radical (unpaired) electrons. The summed E-state index contributed by atoms with van der Waals surface area (Å²) in [5.41, 5.74) is 8.84. The molecule has 1 aliphatic heterocycles. The lowest BCUT2D eigenvalue weighted by Crippen LogP contribution is -2.06. The lowest BCUT2D eigenvalue weighted by Gasteiger charge is -2.21. The number of nitrogen functional groups attached to an aromatic ring is 1. The van der Waals surface area contributed by atoms with Gasteiger partial charge < -0.3 is 10.5 Å². The van der Waals surface area contributed by atoms with Crippen molar-refractivity contribution in [2.24, 2.45) is 0 Å². The highest BCUT2D eigenvalue weighted by molar-refractivity contribution is 5.99. The molecule has 3 aromatic rings. The van der Waals surface area contributed by atoms with Gasteiger partial charge in [-0.25, -0.2) is 9.97 Å². The van der Waals surface area contributed by atoms with Crippen LogP contribution in [0.1, 0.15) is 11.3 Å². The Hall–Kier alpha value is -2.62. The molecule has 1 aliphatic rings. The number of nitrogens with two attached hydrogens (primary N) is 1. The molecule has 4 heteroatoms. The summed E-state index contributed by atoms with van der Waals surface area (Å²) < 4.78 is 5.97. The lowest BCUT2D eigenvalue weighted by atomic mass is 9.99. The van der Waals surface area contributed by atoms with Gasteiger partial charge in [0.1, 0.15) is 12.1 Å². The van der Waals surface area contributed by atoms with Crippen LogP contribution in [0.4, 0.5) is 5.69 Å². The van der Waals surface area contributed by atoms with Crippen molar-refractivity contribution < 1.29 is 4.74 Å². The van der Waals surface area contributed by atoms with Crippen LogP contribution in [-0.4, -0.2) is 9.97 Å². The third-order valence-corrected chi connectivity index (χ3v) is 3.44. The molecule has 0 unspecified atom stereocenters. The maximum Gasteiger partial charge on any atom is 0.167 e. The summed E-state index contributed by atoms with van der Waals surface area (Å²) in [6.07, 6.45) is 3.99. The Balaban J connectivity index is 2.01. The molecule has 0 atom stereocenters. The second kappa shape index (κ2) is 3.68. The van der Waals surface area contributed by atoms with Gasteiger partial charge in [-0.2, -0.15) is 0 Å². The molecule has 0 bridgehead atoms. The van der Waals surface area contributed by atoms with Gasteiger partial charge in [0.25, 0.3) is 0 Å². The monoisotopic (exact) mass is 249 g/mol. The minimum absolute atomic E-state index is 0.714. The summed E-state index contributed by atoms with van der Waals surface area (Å²) in [7, 11) is 0. The first kappa shape index (κ1) is 10.3. The van der Waals surface area contributed by atoms with Crippen LogP contribution in [-0.2, 0) is 6.42 Å². The Kier molecular flexibility index (Phi) is 2.00. The zero-order valence-electron chi connectivity index (χ0n) is 10.1. The van der Waals surface area contributed by atoms with Gasteiger partial charge in [0.05, 0.1) is 11.9 Å². The third-order valence-electron chi connectivity index (χ3n) is 3.44. The fraction of sp³-hybridized carbons (Fsp3) is 0.0667. The van der Waals surface area contributed by atoms with E-state index in [4.69, 9.17) is 10.5 Å². The lowest BCUT2D eigenvalue weighted by molar-refractivity contribution is 0.458. The smallest absolute Gasteiger partial charge is 0.167 e. The second-order valence-corrected chi connectivity index (χ2v) is 4.61. The Morgan fingerprint density at radius 1 is 1.16 bits per heavy atom. The molecule has 0 spiro atoms. The second-order valence-electron chi connectivity index (χ2n) is 4.61. The SMILES string of the molecule is Nc1cccc2ccc3c(c12)Oc1cncnc1C3. The molecule has 0 saturated carbocycles. The van der Waals surface area contributed by atoms with Crippen molar-refractivity contribution in [3.05, 3.63) is 54.1 Å². The van der Waals surface area contributed by atoms with Crippen LogP contribution in [0, 0.1) is 0 Å². The van der Waals surface area contributed by atoms with E-state index in [0.717, 1.165) is 39.9 Å². The molecular weight excluding hydrogens is 238 g/mol. The average Bonchev–Trinajstić information content (AvgIpc) is 2.45. The van der Waals surface area contributed by atoms with Crippen LogP contribution in [0.15, 0.2) is 42.9 Å². The predicted octanol–water partition coefficient (Wildman–Crippen LogP) is 2.91. The topological polar surface area (TPSA) is 61.0 Å². The zero-order valence-corrected chi connectivity index (χ0v) is 10.1. The zero-order chi connectivity index (χ0) is 12.8. The van der Waals surface area contributed by atoms with Crippen LogP contribution in [0.25, 0.3) is 10.8 Å². The summed E-state index contributed by atoms with van der Waals surface area (Å²) in [5, 5.41) is 2.05. The quantitative estimate of drug-likeness (QED) is 0.487. The molecule has 2 N–H and O–H groups in total. The van der Waals surface area contributed by atoms with Gasteiger partial charge in [-0.15, -0.1) is 0 Å². The maximum atomic E-state index is 6.09. The van der Waals surface area contributed by atoms with Crippen molar-refractivity contribution in [3.63, 3.8) is 0 Å². The number of anilines is 1. The van der Waals surface area contributed by atoms with E-state index < -0.39 is 0 Å². The molecule has 2 heterocycles. The van der Waals surface area contributed by atoms with Crippen molar-refractivity contribution in [3.8, 4) is 11.5 Å². The van der Waals surface area contributed by atoms with Crippen molar-refractivity contribution in [1.82, 2.24) is 9.97 Å². The summed E-state index contributed by atoms with van der Waals surface area (Å²) in [5.74, 6) is 1.55. The molecule has 19 heavy (non-hydrogen) atoms. The van der Waals surface area contributed by atoms with Gasteiger partial charge >= 0.3 is 0 Å². The molecular formula is C15H11N3O. The number of fused-ring (bicyclic) bond motifs is 4. The highest BCUT2D eigenvalue weighted by Gasteiger charge is 2.21. The summed E-state index contributed by atoms with van der Waals surface area (Å²) in [4.78, 5) is 8.26. The molecule has 0 aliphatic carbocycles. The Morgan fingerprint density at radius 3 is 3.05 bits per heavy atom. The molecule has 1 aromatic heterocycles. The normalized spacial score (nSPS) is 12.6. The molecule has 0 amide bonds. The first-order valence-corrected chi connectivity index (χ1v) is 6.10. The number of nitrogens with zero attached hydrogens (tertiary/aromatic N) is 2. The first-order valence-electron chi connectivity index (χ1n) is 6.10. The highest BCUT2D eigenvalue weighted by Crippen LogP contribution is 2.41. The standard InChI is InChI=1S/C15H11N3O/c16-11-3-1-2-9-4-5-10-6-12-13(7-17-8-18-12)19-15(10)14(9)11/h1-5,7-8H,6,16H2. The average molecular weight is 249 g/mol. The fourth-order valence-corrected chi connectivity index (χ4v) is 2.52. The van der Waals surface area contributed by atoms with E-state index >= 15 is 0 Å². The van der Waals surface area contributed by atoms with E-state index in [1.54, 1.807) is 12.5 Å². The number of hydrogen-bond donors (Lipinski definition) is 1. The van der Waals surface area contributed by atoms with Crippen LogP contribution in [0.3, 0.4) is 0 Å². The van der Waals surface area contributed by atoms with E-state index in [0.29, 0.717) is 5.75 Å². The predicted molar refractivity (Wildman–Crippen MR) is 73.3 cm³/mol. The van der Waals surface area contributed by atoms with Crippen LogP contribution < -0.4 is 10.5 Å². The Morgan fingerprint density at radius 2 is 2.11 bits per heavy atom. The number of ether oxygens (including phenoxy) is 1. The number of aromatic nitrogens is 2. The highest BCUT2D eigenvalue weighted by atomic mass is 16.5. The van der Waals surface area contributed by atoms with Crippen LogP contribution in [0.5, 0.6) is 11.5 Å². The summed E-state index contributed by atoms with van der Waals surface area (Å²) in [6, 6.07) is 10.0. The van der Waals surface area contributed by atoms with Gasteiger partial charge in [0.2, 0.25) is 0 Å². The number of hydrogen-bond acceptors (Lipinski definition) is 4. The Bertz CT molecular complexity index is 798. The van der Waals surface area contributed by atoms with E-state index in [1.165, 1.54) is 0 Å². The van der Waals surface area contributed by atoms with E-state index in [2.05, 4.69) is 22.1 Å². The summed E-state index contributed by atoms with van der Waals surface area (Å²) in [6.45, 7) is 0. The molecule has 4 rings (SSSR count). The van der Waals surface area contributed by atoms with Gasteiger partial charge in [-0.05, 0) is 11.5 Å². The van der Waals surface area contributed by atoms with E-state index in [1.807, 2.05) is 18.2 Å². The van der Waals surface area contributed by atoms with Crippen molar-refractivity contribution in [2.45, 2.75) is 6.42 Å². The molecule has 92 valence electrons. The number of benzene rings is 2. The molecule has 2 aromatic carbocycles. The van der Waals surface area contributed by atoms with Crippen LogP contribution >= 0.6 is 0 Å². The third kappa shape index (κ3) is 1.46. The first-order chi connectivity index (χ1) is 9.33. The van der Waals surface area contributed by atoms with E-state index in [-0.39, 0.29) is 0 Å². The summed E-state index contributed by atoms with van der Waals surface area (Å²) >= 11 is 0. The fourth-order valence-electron chi connectivity index (χ4n) is 2.52. The molecule has 0 saturated heterocycles. The van der Waals surface area contributed by atoms with Crippen molar-refractivity contribution in [1.29, 1.82) is 0 Å². The van der Waals surface area contributed by atoms with Crippen molar-refractivity contribution >= 4 is 16.5 Å². The maximum absolute atomic E-state index is 6.09. The number of rotatable bonds is 0. The Labute approximate surface area is 109 Å². The largest absolute Gasteiger partial charge is 0.453 e. The van der Waals surface area contributed by atoms with Gasteiger partial charge in [0, 0.05) is 23.1 Å². The molecule has 0 fully saturated rings. The van der Waals surface area contributed by atoms with Crippen molar-refractivity contribution in [2.75, 3.05) is 5.73 Å². The van der Waals surface area contributed by atoms with Gasteiger partial charge in [0.15, 0.2) is 5.75 Å². The van der Waals surface area contributed by atoms with E-state index in [9.17, 15) is 0 Å².